The van der Waals surface area contributed by atoms with Crippen LogP contribution < -0.4 is 10.1 Å². The van der Waals surface area contributed by atoms with Gasteiger partial charge in [0.1, 0.15) is 5.75 Å². The third kappa shape index (κ3) is 5.51. The number of halogens is 1. The summed E-state index contributed by atoms with van der Waals surface area (Å²) < 4.78 is 5.95. The minimum atomic E-state index is -0.243. The van der Waals surface area contributed by atoms with Gasteiger partial charge < -0.3 is 20.1 Å². The van der Waals surface area contributed by atoms with Crippen molar-refractivity contribution in [1.82, 2.24) is 10.2 Å². The maximum Gasteiger partial charge on any atom is 0.194 e. The maximum atomic E-state index is 9.73. The molecule has 0 spiro atoms. The highest BCUT2D eigenvalue weighted by molar-refractivity contribution is 14.0. The van der Waals surface area contributed by atoms with E-state index in [2.05, 4.69) is 23.2 Å². The van der Waals surface area contributed by atoms with Gasteiger partial charge in [-0.1, -0.05) is 18.2 Å². The van der Waals surface area contributed by atoms with Gasteiger partial charge in [0.15, 0.2) is 5.96 Å². The van der Waals surface area contributed by atoms with Gasteiger partial charge in [-0.3, -0.25) is 0 Å². The number of benzene rings is 1. The molecule has 1 saturated carbocycles. The van der Waals surface area contributed by atoms with E-state index in [1.54, 1.807) is 0 Å². The molecule has 0 radical (unpaired) electrons. The maximum absolute atomic E-state index is 9.73. The second-order valence-corrected chi connectivity index (χ2v) is 6.42. The van der Waals surface area contributed by atoms with Crippen LogP contribution >= 0.6 is 24.0 Å². The molecular formula is C18H28IN3O2. The van der Waals surface area contributed by atoms with E-state index < -0.39 is 0 Å². The van der Waals surface area contributed by atoms with Crippen molar-refractivity contribution in [3.05, 3.63) is 29.8 Å². The lowest BCUT2D eigenvalue weighted by molar-refractivity contribution is 0.188. The van der Waals surface area contributed by atoms with Crippen molar-refractivity contribution < 1.29 is 9.84 Å². The minimum Gasteiger partial charge on any atom is -0.493 e. The van der Waals surface area contributed by atoms with Crippen LogP contribution in [0.15, 0.2) is 29.3 Å². The van der Waals surface area contributed by atoms with Crippen molar-refractivity contribution in [2.75, 3.05) is 26.2 Å². The number of aliphatic hydroxyl groups excluding tert-OH is 1. The fourth-order valence-corrected chi connectivity index (χ4v) is 2.79. The highest BCUT2D eigenvalue weighted by Crippen LogP contribution is 2.30. The Morgan fingerprint density at radius 1 is 1.33 bits per heavy atom. The highest BCUT2D eigenvalue weighted by atomic mass is 127. The molecule has 1 atom stereocenters. The van der Waals surface area contributed by atoms with Crippen molar-refractivity contribution in [2.45, 2.75) is 38.8 Å². The van der Waals surface area contributed by atoms with Gasteiger partial charge in [-0.2, -0.15) is 0 Å². The number of ether oxygens (including phenoxy) is 1. The average Bonchev–Trinajstić information content (AvgIpc) is 3.30. The standard InChI is InChI=1S/C18H27N3O2.HI/c1-2-19-18(21-10-9-16(22)12-21)20-11-15-5-3-4-6-17(15)23-13-14-7-8-14;/h3-6,14,16,22H,2,7-13H2,1H3,(H,19,20);1H/t16-;/m1./s1. The summed E-state index contributed by atoms with van der Waals surface area (Å²) in [6.07, 6.45) is 3.16. The first kappa shape index (κ1) is 19.3. The monoisotopic (exact) mass is 445 g/mol. The van der Waals surface area contributed by atoms with Crippen molar-refractivity contribution >= 4 is 29.9 Å². The molecule has 1 aromatic carbocycles. The van der Waals surface area contributed by atoms with E-state index in [1.807, 2.05) is 18.2 Å². The van der Waals surface area contributed by atoms with Gasteiger partial charge >= 0.3 is 0 Å². The molecule has 1 heterocycles. The van der Waals surface area contributed by atoms with Crippen LogP contribution in [-0.4, -0.2) is 48.3 Å². The van der Waals surface area contributed by atoms with Crippen LogP contribution in [-0.2, 0) is 6.54 Å². The number of aliphatic imine (C=N–C) groups is 1. The topological polar surface area (TPSA) is 57.1 Å². The van der Waals surface area contributed by atoms with Crippen LogP contribution in [0.25, 0.3) is 0 Å². The van der Waals surface area contributed by atoms with Crippen molar-refractivity contribution in [2.24, 2.45) is 10.9 Å². The molecule has 0 bridgehead atoms. The Morgan fingerprint density at radius 2 is 2.12 bits per heavy atom. The molecule has 3 rings (SSSR count). The minimum absolute atomic E-state index is 0. The van der Waals surface area contributed by atoms with Gasteiger partial charge in [0.2, 0.25) is 0 Å². The van der Waals surface area contributed by atoms with E-state index in [4.69, 9.17) is 9.73 Å². The molecule has 2 fully saturated rings. The van der Waals surface area contributed by atoms with Gasteiger partial charge in [0, 0.05) is 25.2 Å². The zero-order valence-electron chi connectivity index (χ0n) is 14.3. The van der Waals surface area contributed by atoms with E-state index in [0.29, 0.717) is 13.1 Å². The largest absolute Gasteiger partial charge is 0.493 e. The molecule has 1 aliphatic heterocycles. The van der Waals surface area contributed by atoms with Gasteiger partial charge in [0.05, 0.1) is 19.3 Å². The number of aliphatic hydroxyl groups is 1. The molecule has 24 heavy (non-hydrogen) atoms. The molecule has 0 amide bonds. The molecule has 0 unspecified atom stereocenters. The van der Waals surface area contributed by atoms with E-state index in [0.717, 1.165) is 49.3 Å². The molecule has 2 aliphatic rings. The first-order valence-electron chi connectivity index (χ1n) is 8.68. The number of guanidine groups is 1. The van der Waals surface area contributed by atoms with Crippen LogP contribution in [0.3, 0.4) is 0 Å². The molecule has 1 saturated heterocycles. The SMILES string of the molecule is CCNC(=NCc1ccccc1OCC1CC1)N1CC[C@@H](O)C1.I. The second kappa shape index (κ2) is 9.46. The summed E-state index contributed by atoms with van der Waals surface area (Å²) in [6.45, 7) is 5.81. The molecule has 1 aromatic rings. The van der Waals surface area contributed by atoms with Crippen molar-refractivity contribution in [3.63, 3.8) is 0 Å². The number of rotatable bonds is 6. The summed E-state index contributed by atoms with van der Waals surface area (Å²) in [7, 11) is 0. The van der Waals surface area contributed by atoms with Crippen LogP contribution in [0, 0.1) is 5.92 Å². The van der Waals surface area contributed by atoms with E-state index >= 15 is 0 Å². The average molecular weight is 445 g/mol. The summed E-state index contributed by atoms with van der Waals surface area (Å²) in [4.78, 5) is 6.87. The third-order valence-corrected chi connectivity index (χ3v) is 4.34. The molecule has 2 N–H and O–H groups in total. The fraction of sp³-hybridized carbons (Fsp3) is 0.611. The smallest absolute Gasteiger partial charge is 0.194 e. The van der Waals surface area contributed by atoms with E-state index in [-0.39, 0.29) is 30.1 Å². The Hall–Kier alpha value is -1.02. The number of nitrogens with one attached hydrogen (secondary N) is 1. The summed E-state index contributed by atoms with van der Waals surface area (Å²) in [6, 6.07) is 8.15. The number of β-amino-alcohol motifs (C(OH)–C–C–N with tert-alkyl or cyclic N) is 1. The fourth-order valence-electron chi connectivity index (χ4n) is 2.79. The Balaban J connectivity index is 0.00000208. The lowest BCUT2D eigenvalue weighted by Gasteiger charge is -2.21. The Labute approximate surface area is 161 Å². The predicted octanol–water partition coefficient (Wildman–Crippen LogP) is 2.63. The summed E-state index contributed by atoms with van der Waals surface area (Å²) in [5.74, 6) is 2.57. The predicted molar refractivity (Wildman–Crippen MR) is 107 cm³/mol. The third-order valence-electron chi connectivity index (χ3n) is 4.34. The van der Waals surface area contributed by atoms with E-state index in [9.17, 15) is 5.11 Å². The van der Waals surface area contributed by atoms with Crippen LogP contribution in [0.5, 0.6) is 5.75 Å². The van der Waals surface area contributed by atoms with Crippen LogP contribution in [0.4, 0.5) is 0 Å². The van der Waals surface area contributed by atoms with Gasteiger partial charge in [0.25, 0.3) is 0 Å². The van der Waals surface area contributed by atoms with Crippen molar-refractivity contribution in [1.29, 1.82) is 0 Å². The summed E-state index contributed by atoms with van der Waals surface area (Å²) in [5, 5.41) is 13.0. The van der Waals surface area contributed by atoms with Gasteiger partial charge in [-0.15, -0.1) is 24.0 Å². The number of hydrogen-bond donors (Lipinski definition) is 2. The zero-order valence-corrected chi connectivity index (χ0v) is 16.6. The Morgan fingerprint density at radius 3 is 2.79 bits per heavy atom. The molecule has 0 aromatic heterocycles. The number of likely N-dealkylation sites (tertiary alicyclic amines) is 1. The number of para-hydroxylation sites is 1. The lowest BCUT2D eigenvalue weighted by atomic mass is 10.2. The first-order chi connectivity index (χ1) is 11.3. The normalized spacial score (nSPS) is 20.7. The highest BCUT2D eigenvalue weighted by Gasteiger charge is 2.23. The van der Waals surface area contributed by atoms with E-state index in [1.165, 1.54) is 12.8 Å². The van der Waals surface area contributed by atoms with Crippen LogP contribution in [0.1, 0.15) is 31.7 Å². The quantitative estimate of drug-likeness (QED) is 0.402. The molecule has 134 valence electrons. The Bertz CT molecular complexity index is 549. The molecule has 1 aliphatic carbocycles. The van der Waals surface area contributed by atoms with Gasteiger partial charge in [-0.25, -0.2) is 4.99 Å². The number of nitrogens with zero attached hydrogens (tertiary/aromatic N) is 2. The summed E-state index contributed by atoms with van der Waals surface area (Å²) in [5.41, 5.74) is 1.11. The number of hydrogen-bond acceptors (Lipinski definition) is 3. The second-order valence-electron chi connectivity index (χ2n) is 6.42. The molecule has 5 nitrogen and oxygen atoms in total. The van der Waals surface area contributed by atoms with Crippen LogP contribution in [0.2, 0.25) is 0 Å². The van der Waals surface area contributed by atoms with Crippen molar-refractivity contribution in [3.8, 4) is 5.75 Å². The molecular weight excluding hydrogens is 417 g/mol. The molecule has 6 heteroatoms. The lowest BCUT2D eigenvalue weighted by Crippen LogP contribution is -2.40. The Kier molecular flexibility index (Phi) is 7.61. The van der Waals surface area contributed by atoms with Gasteiger partial charge in [-0.05, 0) is 38.2 Å². The first-order valence-corrected chi connectivity index (χ1v) is 8.68. The zero-order chi connectivity index (χ0) is 16.1. The summed E-state index contributed by atoms with van der Waals surface area (Å²) >= 11 is 0.